The van der Waals surface area contributed by atoms with Gasteiger partial charge in [-0.3, -0.25) is 24.0 Å². The molecule has 2 aromatic rings. The molecule has 15 atom stereocenters. The van der Waals surface area contributed by atoms with Crippen LogP contribution in [-0.4, -0.2) is 196 Å². The number of anilines is 2. The van der Waals surface area contributed by atoms with Crippen LogP contribution in [0.4, 0.5) is 16.7 Å². The first kappa shape index (κ1) is 70.6. The number of cyclic esters (lactones) is 1. The first-order valence-corrected chi connectivity index (χ1v) is 31.6. The standard InChI is InChI=1S/C65H94N10O15/c1-38-15-11-10-12-16-39(2)52(86-8)31-47-20-18-43(6)65(85,90-47)58(80)60(82)75-22-14-13-17-49(75)61(83)88-53(32-50(76)40(3)28-42(5)56(78)57(79)55(77)41(4)27-38)48(66)29-44-19-21-51(54(30-44)87-9)89-64(84)72-35-45-33-68-62(69-34-45)73-23-25-74(26-24-73)63-70-36-46(37-71-63)59(81)67-7/h10-12,15-16,28,33-34,36-38,40-41,43-44,47-49,51-54,56-57,78-79,85H,13-14,17-27,29-32,35,66H2,1-9H3,(H,67,81)(H,72,84)/b12-10+,15-11+,39-16+,42-28+/t38-,40-,41-,43-,44?,47+,48-,49+,51-,52+,53+,54-,56-,57+,65-/m1/s1. The smallest absolute Gasteiger partial charge is 0.407 e. The van der Waals surface area contributed by atoms with Crippen molar-refractivity contribution in [2.75, 3.05) is 63.8 Å². The molecule has 1 aliphatic carbocycles. The van der Waals surface area contributed by atoms with E-state index in [0.717, 1.165) is 10.5 Å². The van der Waals surface area contributed by atoms with Crippen molar-refractivity contribution in [3.63, 3.8) is 0 Å². The van der Waals surface area contributed by atoms with E-state index in [0.29, 0.717) is 101 Å². The van der Waals surface area contributed by atoms with Crippen LogP contribution in [-0.2, 0) is 54.2 Å². The van der Waals surface area contributed by atoms with Crippen molar-refractivity contribution >= 4 is 53.1 Å². The molecule has 1 saturated carbocycles. The number of nitrogens with zero attached hydrogens (tertiary/aromatic N) is 7. The SMILES string of the molecule is CNC(=O)c1cnc(N2CCN(c3ncc(CNC(=O)O[C@@H]4CCC(C[C@@H](N)[C@@H]5CC(=O)[C@H](C)/C=C(\C)[C@@H](O)[C@@H](O)C(=O)[C@H](C)C[C@H](C)/C=C/C=C/C=C(\C)[C@@H](OC)C[C@@H]6CC[C@@H](C)[C@@](O)(O6)C(=O)C(=O)N6CCCC[C@H]6C(=O)O5)C[C@H]4OC)cn3)CC2)nc1. The highest BCUT2D eigenvalue weighted by Crippen LogP contribution is 2.38. The van der Waals surface area contributed by atoms with E-state index in [1.807, 2.05) is 54.0 Å². The van der Waals surface area contributed by atoms with Crippen molar-refractivity contribution in [3.05, 3.63) is 83.5 Å². The molecule has 25 heteroatoms. The van der Waals surface area contributed by atoms with E-state index in [1.54, 1.807) is 47.3 Å². The fraction of sp³-hybridized carbons (Fsp3) is 0.646. The first-order valence-electron chi connectivity index (χ1n) is 31.6. The van der Waals surface area contributed by atoms with Crippen LogP contribution >= 0.6 is 0 Å². The van der Waals surface area contributed by atoms with E-state index in [2.05, 4.69) is 30.6 Å². The van der Waals surface area contributed by atoms with E-state index in [1.165, 1.54) is 32.5 Å². The van der Waals surface area contributed by atoms with E-state index < -0.39 is 120 Å². The summed E-state index contributed by atoms with van der Waals surface area (Å²) in [6, 6.07) is -2.24. The number of carbonyl (C=O) groups is 7. The first-order chi connectivity index (χ1) is 42.9. The summed E-state index contributed by atoms with van der Waals surface area (Å²) in [6.45, 7) is 12.8. The van der Waals surface area contributed by atoms with Crippen molar-refractivity contribution in [2.45, 2.75) is 186 Å². The molecule has 4 aliphatic heterocycles. The molecule has 4 fully saturated rings. The number of hydrogen-bond acceptors (Lipinski definition) is 22. The predicted molar refractivity (Wildman–Crippen MR) is 332 cm³/mol. The third-order valence-electron chi connectivity index (χ3n) is 18.3. The number of piperazine rings is 1. The number of aliphatic hydroxyl groups is 3. The van der Waals surface area contributed by atoms with Gasteiger partial charge in [0.05, 0.1) is 23.9 Å². The molecular formula is C65H94N10O15. The highest BCUT2D eigenvalue weighted by Gasteiger charge is 2.53. The Bertz CT molecular complexity index is 2920. The Hall–Kier alpha value is -6.87. The number of methoxy groups -OCH3 is 2. The zero-order valence-corrected chi connectivity index (χ0v) is 53.5. The number of aliphatic hydroxyl groups excluding tert-OH is 2. The van der Waals surface area contributed by atoms with Crippen LogP contribution in [0, 0.1) is 29.6 Å². The predicted octanol–water partition coefficient (Wildman–Crippen LogP) is 4.42. The van der Waals surface area contributed by atoms with E-state index in [4.69, 9.17) is 29.4 Å². The Morgan fingerprint density at radius 2 is 1.46 bits per heavy atom. The number of alkyl carbamates (subject to hydrolysis) is 1. The van der Waals surface area contributed by atoms with Gasteiger partial charge >= 0.3 is 12.1 Å². The number of amides is 3. The number of carbonyl (C=O) groups excluding carboxylic acids is 7. The van der Waals surface area contributed by atoms with Gasteiger partial charge in [0, 0.05) is 128 Å². The van der Waals surface area contributed by atoms with Gasteiger partial charge in [0.1, 0.15) is 36.2 Å². The fourth-order valence-electron chi connectivity index (χ4n) is 12.6. The minimum Gasteiger partial charge on any atom is -0.459 e. The molecule has 7 rings (SSSR count). The van der Waals surface area contributed by atoms with Gasteiger partial charge in [-0.15, -0.1) is 0 Å². The second kappa shape index (κ2) is 32.9. The van der Waals surface area contributed by atoms with Crippen LogP contribution in [0.1, 0.15) is 135 Å². The second-order valence-electron chi connectivity index (χ2n) is 25.0. The number of piperidine rings is 1. The molecule has 3 amide bonds. The molecule has 25 nitrogen and oxygen atoms in total. The largest absolute Gasteiger partial charge is 0.459 e. The van der Waals surface area contributed by atoms with Gasteiger partial charge in [-0.1, -0.05) is 64.2 Å². The molecule has 5 aliphatic rings. The number of aromatic nitrogens is 4. The minimum absolute atomic E-state index is 0.00267. The Morgan fingerprint density at radius 1 is 0.789 bits per heavy atom. The molecule has 0 spiro atoms. The maximum atomic E-state index is 14.6. The Morgan fingerprint density at radius 3 is 2.10 bits per heavy atom. The van der Waals surface area contributed by atoms with Crippen molar-refractivity contribution < 1.29 is 72.6 Å². The normalized spacial score (nSPS) is 33.3. The van der Waals surface area contributed by atoms with Gasteiger partial charge in [-0.25, -0.2) is 29.5 Å². The topological polar surface area (TPSA) is 338 Å². The maximum absolute atomic E-state index is 14.6. The fourth-order valence-corrected chi connectivity index (χ4v) is 12.6. The summed E-state index contributed by atoms with van der Waals surface area (Å²) in [5.74, 6) is -8.46. The molecule has 2 aromatic heterocycles. The van der Waals surface area contributed by atoms with Crippen LogP contribution < -0.4 is 26.2 Å². The number of esters is 1. The Labute approximate surface area is 527 Å². The van der Waals surface area contributed by atoms with Crippen LogP contribution in [0.5, 0.6) is 0 Å². The molecule has 2 bridgehead atoms. The third kappa shape index (κ3) is 18.4. The number of allylic oxidation sites excluding steroid dienone is 6. The molecule has 90 heavy (non-hydrogen) atoms. The molecule has 0 radical (unpaired) electrons. The second-order valence-corrected chi connectivity index (χ2v) is 25.0. The van der Waals surface area contributed by atoms with Crippen molar-refractivity contribution in [1.29, 1.82) is 0 Å². The lowest BCUT2D eigenvalue weighted by Gasteiger charge is -2.42. The molecular weight excluding hydrogens is 1160 g/mol. The Balaban J connectivity index is 1.02. The highest BCUT2D eigenvalue weighted by atomic mass is 16.6. The zero-order chi connectivity index (χ0) is 65.4. The number of hydrogen-bond donors (Lipinski definition) is 6. The summed E-state index contributed by atoms with van der Waals surface area (Å²) in [5.41, 5.74) is 9.04. The lowest BCUT2D eigenvalue weighted by atomic mass is 9.80. The van der Waals surface area contributed by atoms with Gasteiger partial charge in [0.15, 0.2) is 5.78 Å². The summed E-state index contributed by atoms with van der Waals surface area (Å²) in [4.78, 5) is 119. The lowest BCUT2D eigenvalue weighted by Crippen LogP contribution is -2.61. The zero-order valence-electron chi connectivity index (χ0n) is 53.5. The number of nitrogens with one attached hydrogen (secondary N) is 2. The molecule has 494 valence electrons. The Kier molecular flexibility index (Phi) is 25.8. The van der Waals surface area contributed by atoms with Crippen molar-refractivity contribution in [3.8, 4) is 0 Å². The maximum Gasteiger partial charge on any atom is 0.407 e. The average Bonchev–Trinajstić information content (AvgIpc) is 1.87. The number of Topliss-reactive ketones (excluding diaryl/α,β-unsaturated/α-hetero) is 3. The van der Waals surface area contributed by atoms with Crippen molar-refractivity contribution in [2.24, 2.45) is 35.3 Å². The number of fused-ring (bicyclic) bond motifs is 3. The van der Waals surface area contributed by atoms with Crippen LogP contribution in [0.2, 0.25) is 0 Å². The van der Waals surface area contributed by atoms with E-state index >= 15 is 0 Å². The quantitative estimate of drug-likeness (QED) is 0.103. The minimum atomic E-state index is -2.50. The number of rotatable bonds is 11. The van der Waals surface area contributed by atoms with Gasteiger partial charge in [-0.05, 0) is 101 Å². The molecule has 6 heterocycles. The van der Waals surface area contributed by atoms with Gasteiger partial charge in [0.2, 0.25) is 17.7 Å². The van der Waals surface area contributed by atoms with Crippen molar-refractivity contribution in [1.82, 2.24) is 35.5 Å². The summed E-state index contributed by atoms with van der Waals surface area (Å²) in [6.07, 6.45) is 13.1. The van der Waals surface area contributed by atoms with Crippen LogP contribution in [0.3, 0.4) is 0 Å². The summed E-state index contributed by atoms with van der Waals surface area (Å²) >= 11 is 0. The number of ether oxygens (including phenoxy) is 5. The molecule has 7 N–H and O–H groups in total. The van der Waals surface area contributed by atoms with Gasteiger partial charge in [-0.2, -0.15) is 0 Å². The number of ketones is 3. The molecule has 3 saturated heterocycles. The van der Waals surface area contributed by atoms with Crippen LogP contribution in [0.25, 0.3) is 0 Å². The average molecular weight is 1260 g/mol. The summed E-state index contributed by atoms with van der Waals surface area (Å²) in [7, 11) is 4.61. The molecule has 0 aromatic carbocycles. The summed E-state index contributed by atoms with van der Waals surface area (Å²) in [5, 5.41) is 39.8. The van der Waals surface area contributed by atoms with E-state index in [9.17, 15) is 48.9 Å². The monoisotopic (exact) mass is 1250 g/mol. The van der Waals surface area contributed by atoms with Gasteiger partial charge in [0.25, 0.3) is 17.6 Å². The third-order valence-corrected chi connectivity index (χ3v) is 18.3. The number of nitrogens with two attached hydrogens (primary N) is 1. The highest BCUT2D eigenvalue weighted by molar-refractivity contribution is 6.39. The van der Waals surface area contributed by atoms with Gasteiger partial charge < -0.3 is 70.1 Å². The molecule has 1 unspecified atom stereocenters. The lowest BCUT2D eigenvalue weighted by molar-refractivity contribution is -0.265. The van der Waals surface area contributed by atoms with E-state index in [-0.39, 0.29) is 55.7 Å². The van der Waals surface area contributed by atoms with Crippen LogP contribution in [0.15, 0.2) is 72.4 Å². The summed E-state index contributed by atoms with van der Waals surface area (Å²) < 4.78 is 30.0.